The van der Waals surface area contributed by atoms with Crippen LogP contribution in [0.1, 0.15) is 12.7 Å². The van der Waals surface area contributed by atoms with Crippen molar-refractivity contribution >= 4 is 11.9 Å². The minimum Gasteiger partial charge on any atom is -0.486 e. The molecule has 0 bridgehead atoms. The van der Waals surface area contributed by atoms with Crippen LogP contribution < -0.4 is 25.4 Å². The van der Waals surface area contributed by atoms with Gasteiger partial charge in [-0.3, -0.25) is 4.79 Å². The predicted octanol–water partition coefficient (Wildman–Crippen LogP) is 1.29. The van der Waals surface area contributed by atoms with E-state index < -0.39 is 0 Å². The van der Waals surface area contributed by atoms with Gasteiger partial charge in [0, 0.05) is 6.54 Å². The fourth-order valence-electron chi connectivity index (χ4n) is 2.52. The quantitative estimate of drug-likeness (QED) is 0.501. The molecule has 3 rings (SSSR count). The Hall–Kier alpha value is -3.16. The zero-order valence-electron chi connectivity index (χ0n) is 15.2. The number of carbonyl (C=O) groups is 1. The number of ether oxygens (including phenoxy) is 2. The Morgan fingerprint density at radius 2 is 2.00 bits per heavy atom. The molecule has 2 heterocycles. The molecule has 8 heteroatoms. The summed E-state index contributed by atoms with van der Waals surface area (Å²) >= 11 is 0. The molecule has 1 unspecified atom stereocenters. The van der Waals surface area contributed by atoms with Crippen molar-refractivity contribution in [1.29, 1.82) is 0 Å². The molecule has 1 amide bonds. The Morgan fingerprint density at radius 3 is 2.78 bits per heavy atom. The minimum atomic E-state index is -0.185. The maximum atomic E-state index is 11.9. The molecule has 0 saturated heterocycles. The van der Waals surface area contributed by atoms with Crippen molar-refractivity contribution in [2.24, 2.45) is 4.99 Å². The van der Waals surface area contributed by atoms with Crippen molar-refractivity contribution in [1.82, 2.24) is 16.0 Å². The summed E-state index contributed by atoms with van der Waals surface area (Å²) in [4.78, 5) is 16.2. The number of amides is 1. The van der Waals surface area contributed by atoms with Crippen molar-refractivity contribution < 1.29 is 18.7 Å². The predicted molar refractivity (Wildman–Crippen MR) is 101 cm³/mol. The van der Waals surface area contributed by atoms with Crippen LogP contribution in [0.2, 0.25) is 0 Å². The van der Waals surface area contributed by atoms with Gasteiger partial charge in [0.15, 0.2) is 17.5 Å². The lowest BCUT2D eigenvalue weighted by Gasteiger charge is -2.27. The number of guanidine groups is 1. The third-order valence-electron chi connectivity index (χ3n) is 3.83. The van der Waals surface area contributed by atoms with Gasteiger partial charge < -0.3 is 29.8 Å². The van der Waals surface area contributed by atoms with Gasteiger partial charge in [-0.15, -0.1) is 0 Å². The van der Waals surface area contributed by atoms with E-state index in [0.29, 0.717) is 38.0 Å². The highest BCUT2D eigenvalue weighted by molar-refractivity contribution is 5.84. The molecule has 0 saturated carbocycles. The molecule has 3 N–H and O–H groups in total. The van der Waals surface area contributed by atoms with Gasteiger partial charge in [0.2, 0.25) is 5.91 Å². The van der Waals surface area contributed by atoms with Crippen LogP contribution in [0.4, 0.5) is 0 Å². The molecule has 1 aliphatic rings. The smallest absolute Gasteiger partial charge is 0.242 e. The van der Waals surface area contributed by atoms with E-state index in [1.54, 1.807) is 18.4 Å². The fraction of sp³-hybridized carbons (Fsp3) is 0.368. The number of hydrogen-bond acceptors (Lipinski definition) is 5. The first-order valence-electron chi connectivity index (χ1n) is 8.94. The average Bonchev–Trinajstić information content (AvgIpc) is 3.22. The standard InChI is InChI=1S/C19H24N4O4/c1-2-20-19(23-12-18(24)21-10-14-6-5-9-25-14)22-11-15-13-26-16-7-3-4-8-17(16)27-15/h3-9,15H,2,10-13H2,1H3,(H,21,24)(H2,20,22,23). The van der Waals surface area contributed by atoms with Gasteiger partial charge in [0.05, 0.1) is 19.4 Å². The molecule has 1 atom stereocenters. The molecule has 144 valence electrons. The Morgan fingerprint density at radius 1 is 1.15 bits per heavy atom. The molecule has 0 aliphatic carbocycles. The number of para-hydroxylation sites is 2. The minimum absolute atomic E-state index is 0.0148. The summed E-state index contributed by atoms with van der Waals surface area (Å²) in [5.41, 5.74) is 0. The van der Waals surface area contributed by atoms with Crippen LogP contribution in [-0.2, 0) is 11.3 Å². The van der Waals surface area contributed by atoms with E-state index in [-0.39, 0.29) is 18.6 Å². The SMILES string of the molecule is CCNC(=NCC(=O)NCc1ccco1)NCC1COc2ccccc2O1. The Labute approximate surface area is 157 Å². The van der Waals surface area contributed by atoms with Crippen LogP contribution >= 0.6 is 0 Å². The van der Waals surface area contributed by atoms with Crippen LogP contribution in [0.25, 0.3) is 0 Å². The third kappa shape index (κ3) is 5.67. The third-order valence-corrected chi connectivity index (χ3v) is 3.83. The molecule has 27 heavy (non-hydrogen) atoms. The van der Waals surface area contributed by atoms with Gasteiger partial charge >= 0.3 is 0 Å². The second-order valence-corrected chi connectivity index (χ2v) is 5.93. The zero-order chi connectivity index (χ0) is 18.9. The number of fused-ring (bicyclic) bond motifs is 1. The van der Waals surface area contributed by atoms with E-state index in [1.165, 1.54) is 0 Å². The highest BCUT2D eigenvalue weighted by Gasteiger charge is 2.20. The van der Waals surface area contributed by atoms with Crippen molar-refractivity contribution in [2.75, 3.05) is 26.2 Å². The molecule has 0 radical (unpaired) electrons. The van der Waals surface area contributed by atoms with Gasteiger partial charge in [0.1, 0.15) is 25.0 Å². The van der Waals surface area contributed by atoms with E-state index >= 15 is 0 Å². The van der Waals surface area contributed by atoms with E-state index in [4.69, 9.17) is 13.9 Å². The maximum Gasteiger partial charge on any atom is 0.242 e. The highest BCUT2D eigenvalue weighted by Crippen LogP contribution is 2.30. The summed E-state index contributed by atoms with van der Waals surface area (Å²) in [6.45, 7) is 3.97. The Bertz CT molecular complexity index is 761. The first-order chi connectivity index (χ1) is 13.2. The van der Waals surface area contributed by atoms with Crippen molar-refractivity contribution in [3.8, 4) is 11.5 Å². The van der Waals surface area contributed by atoms with Crippen molar-refractivity contribution in [3.63, 3.8) is 0 Å². The molecule has 0 spiro atoms. The topological polar surface area (TPSA) is 97.1 Å². The lowest BCUT2D eigenvalue weighted by Crippen LogP contribution is -2.45. The maximum absolute atomic E-state index is 11.9. The summed E-state index contributed by atoms with van der Waals surface area (Å²) in [6, 6.07) is 11.2. The summed E-state index contributed by atoms with van der Waals surface area (Å²) in [6.07, 6.45) is 1.43. The van der Waals surface area contributed by atoms with Gasteiger partial charge in [-0.25, -0.2) is 4.99 Å². The number of nitrogens with one attached hydrogen (secondary N) is 3. The van der Waals surface area contributed by atoms with E-state index in [2.05, 4.69) is 20.9 Å². The molecule has 0 fully saturated rings. The highest BCUT2D eigenvalue weighted by atomic mass is 16.6. The number of carbonyl (C=O) groups excluding carboxylic acids is 1. The van der Waals surface area contributed by atoms with Gasteiger partial charge in [-0.1, -0.05) is 12.1 Å². The van der Waals surface area contributed by atoms with Crippen LogP contribution in [0, 0.1) is 0 Å². The van der Waals surface area contributed by atoms with Crippen molar-refractivity contribution in [3.05, 3.63) is 48.4 Å². The average molecular weight is 372 g/mol. The van der Waals surface area contributed by atoms with Gasteiger partial charge in [-0.05, 0) is 31.2 Å². The summed E-state index contributed by atoms with van der Waals surface area (Å²) in [7, 11) is 0. The Kier molecular flexibility index (Phi) is 6.56. The van der Waals surface area contributed by atoms with Crippen LogP contribution in [0.5, 0.6) is 11.5 Å². The van der Waals surface area contributed by atoms with E-state index in [0.717, 1.165) is 11.5 Å². The summed E-state index contributed by atoms with van der Waals surface area (Å²) < 4.78 is 16.8. The lowest BCUT2D eigenvalue weighted by atomic mass is 10.2. The molecule has 2 aromatic rings. The Balaban J connectivity index is 1.45. The number of hydrogen-bond donors (Lipinski definition) is 3. The second kappa shape index (κ2) is 9.51. The first kappa shape index (κ1) is 18.6. The van der Waals surface area contributed by atoms with Crippen molar-refractivity contribution in [2.45, 2.75) is 19.6 Å². The zero-order valence-corrected chi connectivity index (χ0v) is 15.2. The van der Waals surface area contributed by atoms with E-state index in [1.807, 2.05) is 31.2 Å². The first-order valence-corrected chi connectivity index (χ1v) is 8.94. The normalized spacial score (nSPS) is 15.9. The fourth-order valence-corrected chi connectivity index (χ4v) is 2.52. The second-order valence-electron chi connectivity index (χ2n) is 5.93. The van der Waals surface area contributed by atoms with Gasteiger partial charge in [0.25, 0.3) is 0 Å². The largest absolute Gasteiger partial charge is 0.486 e. The number of rotatable bonds is 7. The van der Waals surface area contributed by atoms with Crippen LogP contribution in [0.3, 0.4) is 0 Å². The lowest BCUT2D eigenvalue weighted by molar-refractivity contribution is -0.119. The molecular formula is C19H24N4O4. The molecule has 1 aromatic carbocycles. The molecule has 1 aliphatic heterocycles. The number of nitrogens with zero attached hydrogens (tertiary/aromatic N) is 1. The number of benzene rings is 1. The van der Waals surface area contributed by atoms with E-state index in [9.17, 15) is 4.79 Å². The van der Waals surface area contributed by atoms with Crippen LogP contribution in [-0.4, -0.2) is 44.2 Å². The molecule has 1 aromatic heterocycles. The molecule has 8 nitrogen and oxygen atoms in total. The van der Waals surface area contributed by atoms with Gasteiger partial charge in [-0.2, -0.15) is 0 Å². The van der Waals surface area contributed by atoms with Crippen LogP contribution in [0.15, 0.2) is 52.1 Å². The molecular weight excluding hydrogens is 348 g/mol. The summed E-state index contributed by atoms with van der Waals surface area (Å²) in [5, 5.41) is 9.05. The number of aliphatic imine (C=N–C) groups is 1. The summed E-state index contributed by atoms with van der Waals surface area (Å²) in [5.74, 6) is 2.55. The monoisotopic (exact) mass is 372 g/mol. The number of furan rings is 1.